The van der Waals surface area contributed by atoms with Gasteiger partial charge in [-0.2, -0.15) is 0 Å². The molecule has 2 heterocycles. The molecule has 2 aromatic heterocycles. The SMILES string of the molecule is CC(Oc1ccc(Br)cc1)C(=O)NCc1csc(-c2cccnc2)n1. The van der Waals surface area contributed by atoms with Gasteiger partial charge in [0.05, 0.1) is 12.2 Å². The Labute approximate surface area is 158 Å². The number of nitrogens with one attached hydrogen (secondary N) is 1. The predicted octanol–water partition coefficient (Wildman–Crippen LogP) is 4.05. The summed E-state index contributed by atoms with van der Waals surface area (Å²) < 4.78 is 6.60. The molecule has 0 aliphatic rings. The number of rotatable bonds is 6. The summed E-state index contributed by atoms with van der Waals surface area (Å²) in [5.41, 5.74) is 1.78. The van der Waals surface area contributed by atoms with Crippen molar-refractivity contribution < 1.29 is 9.53 Å². The number of carbonyl (C=O) groups is 1. The predicted molar refractivity (Wildman–Crippen MR) is 101 cm³/mol. The van der Waals surface area contributed by atoms with Crippen molar-refractivity contribution in [3.8, 4) is 16.3 Å². The number of nitrogens with zero attached hydrogens (tertiary/aromatic N) is 2. The van der Waals surface area contributed by atoms with Gasteiger partial charge in [-0.05, 0) is 43.3 Å². The fourth-order valence-electron chi connectivity index (χ4n) is 2.10. The molecule has 5 nitrogen and oxygen atoms in total. The van der Waals surface area contributed by atoms with Crippen LogP contribution in [0.2, 0.25) is 0 Å². The molecular formula is C18H16BrN3O2S. The molecule has 0 aliphatic carbocycles. The first-order valence-corrected chi connectivity index (χ1v) is 9.34. The van der Waals surface area contributed by atoms with Crippen molar-refractivity contribution in [2.75, 3.05) is 0 Å². The molecule has 1 atom stereocenters. The van der Waals surface area contributed by atoms with Crippen LogP contribution in [0.15, 0.2) is 58.6 Å². The van der Waals surface area contributed by atoms with Gasteiger partial charge in [-0.15, -0.1) is 11.3 Å². The topological polar surface area (TPSA) is 64.1 Å². The summed E-state index contributed by atoms with van der Waals surface area (Å²) in [7, 11) is 0. The highest BCUT2D eigenvalue weighted by molar-refractivity contribution is 9.10. The first-order chi connectivity index (χ1) is 12.1. The second-order valence-electron chi connectivity index (χ2n) is 5.32. The van der Waals surface area contributed by atoms with Gasteiger partial charge in [-0.3, -0.25) is 9.78 Å². The number of aromatic nitrogens is 2. The summed E-state index contributed by atoms with van der Waals surface area (Å²) in [5.74, 6) is 0.470. The van der Waals surface area contributed by atoms with Gasteiger partial charge in [0.25, 0.3) is 5.91 Å². The van der Waals surface area contributed by atoms with Crippen molar-refractivity contribution in [3.63, 3.8) is 0 Å². The molecule has 25 heavy (non-hydrogen) atoms. The van der Waals surface area contributed by atoms with Gasteiger partial charge in [-0.25, -0.2) is 4.98 Å². The van der Waals surface area contributed by atoms with E-state index in [1.807, 2.05) is 41.8 Å². The maximum atomic E-state index is 12.2. The van der Waals surface area contributed by atoms with Crippen LogP contribution < -0.4 is 10.1 Å². The normalized spacial score (nSPS) is 11.8. The molecule has 0 saturated heterocycles. The van der Waals surface area contributed by atoms with E-state index in [9.17, 15) is 4.79 Å². The van der Waals surface area contributed by atoms with Crippen LogP contribution in [0.25, 0.3) is 10.6 Å². The summed E-state index contributed by atoms with van der Waals surface area (Å²) in [6.45, 7) is 2.09. The van der Waals surface area contributed by atoms with Crippen LogP contribution in [-0.2, 0) is 11.3 Å². The zero-order valence-corrected chi connectivity index (χ0v) is 15.9. The number of ether oxygens (including phenoxy) is 1. The summed E-state index contributed by atoms with van der Waals surface area (Å²) in [6, 6.07) is 11.2. The van der Waals surface area contributed by atoms with Crippen molar-refractivity contribution in [3.05, 3.63) is 64.3 Å². The van der Waals surface area contributed by atoms with E-state index in [1.54, 1.807) is 19.3 Å². The van der Waals surface area contributed by atoms with Gasteiger partial charge < -0.3 is 10.1 Å². The molecule has 1 amide bonds. The molecule has 3 aromatic rings. The standard InChI is InChI=1S/C18H16BrN3O2S/c1-12(24-16-6-4-14(19)5-7-16)17(23)21-10-15-11-25-18(22-15)13-3-2-8-20-9-13/h2-9,11-12H,10H2,1H3,(H,21,23). The molecule has 0 bridgehead atoms. The van der Waals surface area contributed by atoms with Crippen LogP contribution in [0.4, 0.5) is 0 Å². The summed E-state index contributed by atoms with van der Waals surface area (Å²) in [5, 5.41) is 5.67. The van der Waals surface area contributed by atoms with Crippen LogP contribution in [0.1, 0.15) is 12.6 Å². The Morgan fingerprint density at radius 2 is 2.12 bits per heavy atom. The number of benzene rings is 1. The third kappa shape index (κ3) is 4.87. The molecular weight excluding hydrogens is 402 g/mol. The number of hydrogen-bond acceptors (Lipinski definition) is 5. The van der Waals surface area contributed by atoms with E-state index in [1.165, 1.54) is 11.3 Å². The van der Waals surface area contributed by atoms with Gasteiger partial charge >= 0.3 is 0 Å². The first-order valence-electron chi connectivity index (χ1n) is 7.66. The molecule has 1 N–H and O–H groups in total. The fourth-order valence-corrected chi connectivity index (χ4v) is 3.18. The highest BCUT2D eigenvalue weighted by Gasteiger charge is 2.15. The van der Waals surface area contributed by atoms with E-state index in [2.05, 4.69) is 31.2 Å². The van der Waals surface area contributed by atoms with Crippen LogP contribution in [-0.4, -0.2) is 22.0 Å². The maximum Gasteiger partial charge on any atom is 0.261 e. The van der Waals surface area contributed by atoms with E-state index in [0.717, 1.165) is 20.7 Å². The fraction of sp³-hybridized carbons (Fsp3) is 0.167. The molecule has 0 fully saturated rings. The Morgan fingerprint density at radius 1 is 1.32 bits per heavy atom. The van der Waals surface area contributed by atoms with Crippen molar-refractivity contribution >= 4 is 33.2 Å². The lowest BCUT2D eigenvalue weighted by molar-refractivity contribution is -0.127. The van der Waals surface area contributed by atoms with Gasteiger partial charge in [0.15, 0.2) is 6.10 Å². The van der Waals surface area contributed by atoms with Crippen molar-refractivity contribution in [1.82, 2.24) is 15.3 Å². The second kappa shape index (κ2) is 8.22. The average Bonchev–Trinajstić information content (AvgIpc) is 3.11. The molecule has 7 heteroatoms. The number of carbonyl (C=O) groups excluding carboxylic acids is 1. The lowest BCUT2D eigenvalue weighted by Gasteiger charge is -2.14. The van der Waals surface area contributed by atoms with Gasteiger partial charge in [-0.1, -0.05) is 15.9 Å². The number of pyridine rings is 1. The highest BCUT2D eigenvalue weighted by Crippen LogP contribution is 2.22. The molecule has 0 saturated carbocycles. The monoisotopic (exact) mass is 417 g/mol. The van der Waals surface area contributed by atoms with Crippen LogP contribution in [0.5, 0.6) is 5.75 Å². The molecule has 128 valence electrons. The first kappa shape index (κ1) is 17.6. The van der Waals surface area contributed by atoms with E-state index in [0.29, 0.717) is 12.3 Å². The molecule has 3 rings (SSSR count). The Morgan fingerprint density at radius 3 is 2.84 bits per heavy atom. The van der Waals surface area contributed by atoms with Crippen molar-refractivity contribution in [2.24, 2.45) is 0 Å². The largest absolute Gasteiger partial charge is 0.481 e. The van der Waals surface area contributed by atoms with Crippen molar-refractivity contribution in [1.29, 1.82) is 0 Å². The van der Waals surface area contributed by atoms with Crippen LogP contribution in [0, 0.1) is 0 Å². The van der Waals surface area contributed by atoms with Gasteiger partial charge in [0.2, 0.25) is 0 Å². The Hall–Kier alpha value is -2.25. The third-order valence-electron chi connectivity index (χ3n) is 3.40. The maximum absolute atomic E-state index is 12.2. The molecule has 0 radical (unpaired) electrons. The number of hydrogen-bond donors (Lipinski definition) is 1. The van der Waals surface area contributed by atoms with E-state index < -0.39 is 6.10 Å². The minimum atomic E-state index is -0.586. The molecule has 1 unspecified atom stereocenters. The molecule has 0 aliphatic heterocycles. The summed E-state index contributed by atoms with van der Waals surface area (Å²) >= 11 is 4.89. The zero-order valence-electron chi connectivity index (χ0n) is 13.5. The molecule has 0 spiro atoms. The quantitative estimate of drug-likeness (QED) is 0.656. The number of amides is 1. The Kier molecular flexibility index (Phi) is 5.78. The zero-order chi connectivity index (χ0) is 17.6. The average molecular weight is 418 g/mol. The van der Waals surface area contributed by atoms with E-state index >= 15 is 0 Å². The lowest BCUT2D eigenvalue weighted by atomic mass is 10.3. The third-order valence-corrected chi connectivity index (χ3v) is 4.87. The van der Waals surface area contributed by atoms with Gasteiger partial charge in [0.1, 0.15) is 10.8 Å². The number of thiazole rings is 1. The Balaban J connectivity index is 1.53. The second-order valence-corrected chi connectivity index (χ2v) is 7.09. The van der Waals surface area contributed by atoms with Gasteiger partial charge in [0, 0.05) is 27.8 Å². The number of halogens is 1. The Bertz CT molecular complexity index is 837. The smallest absolute Gasteiger partial charge is 0.261 e. The van der Waals surface area contributed by atoms with Crippen LogP contribution >= 0.6 is 27.3 Å². The van der Waals surface area contributed by atoms with Crippen molar-refractivity contribution in [2.45, 2.75) is 19.6 Å². The minimum Gasteiger partial charge on any atom is -0.481 e. The van der Waals surface area contributed by atoms with E-state index in [-0.39, 0.29) is 5.91 Å². The lowest BCUT2D eigenvalue weighted by Crippen LogP contribution is -2.35. The minimum absolute atomic E-state index is 0.182. The molecule has 1 aromatic carbocycles. The summed E-state index contributed by atoms with van der Waals surface area (Å²) in [6.07, 6.45) is 2.91. The summed E-state index contributed by atoms with van der Waals surface area (Å²) in [4.78, 5) is 20.8. The highest BCUT2D eigenvalue weighted by atomic mass is 79.9. The van der Waals surface area contributed by atoms with Crippen LogP contribution in [0.3, 0.4) is 0 Å². The van der Waals surface area contributed by atoms with E-state index in [4.69, 9.17) is 4.74 Å².